The highest BCUT2D eigenvalue weighted by Crippen LogP contribution is 2.31. The van der Waals surface area contributed by atoms with Crippen molar-refractivity contribution in [1.29, 1.82) is 0 Å². The van der Waals surface area contributed by atoms with Crippen LogP contribution in [-0.4, -0.2) is 34.3 Å². The highest BCUT2D eigenvalue weighted by atomic mass is 35.5. The first-order valence-corrected chi connectivity index (χ1v) is 9.57. The van der Waals surface area contributed by atoms with Crippen LogP contribution in [0.25, 0.3) is 0 Å². The minimum atomic E-state index is -0.326. The topological polar surface area (TPSA) is 64.7 Å². The summed E-state index contributed by atoms with van der Waals surface area (Å²) in [5.74, 6) is -0.267. The van der Waals surface area contributed by atoms with Crippen molar-refractivity contribution in [3.05, 3.63) is 83.1 Å². The zero-order chi connectivity index (χ0) is 19.5. The number of carbonyl (C=O) groups is 2. The van der Waals surface area contributed by atoms with Gasteiger partial charge in [0, 0.05) is 24.0 Å². The van der Waals surface area contributed by atoms with Gasteiger partial charge in [-0.2, -0.15) is 0 Å². The molecule has 0 bridgehead atoms. The monoisotopic (exact) mass is 396 g/mol. The molecule has 2 aromatic rings. The maximum absolute atomic E-state index is 12.8. The first-order valence-electron chi connectivity index (χ1n) is 9.19. The minimum Gasteiger partial charge on any atom is -0.350 e. The van der Waals surface area contributed by atoms with E-state index in [1.807, 2.05) is 65.8 Å². The van der Waals surface area contributed by atoms with E-state index >= 15 is 0 Å². The van der Waals surface area contributed by atoms with Crippen molar-refractivity contribution in [1.82, 2.24) is 20.7 Å². The molecule has 1 fully saturated rings. The lowest BCUT2D eigenvalue weighted by Crippen LogP contribution is -2.50. The normalized spacial score (nSPS) is 21.0. The number of hydrogen-bond donors (Lipinski definition) is 2. The lowest BCUT2D eigenvalue weighted by molar-refractivity contribution is -0.138. The molecule has 28 heavy (non-hydrogen) atoms. The minimum absolute atomic E-state index is 0.0120. The van der Waals surface area contributed by atoms with Crippen molar-refractivity contribution < 1.29 is 9.59 Å². The quantitative estimate of drug-likeness (QED) is 0.815. The first-order chi connectivity index (χ1) is 13.6. The number of hydrazine groups is 1. The van der Waals surface area contributed by atoms with Gasteiger partial charge in [-0.05, 0) is 29.7 Å². The molecule has 2 aliphatic heterocycles. The van der Waals surface area contributed by atoms with Crippen molar-refractivity contribution in [2.45, 2.75) is 25.0 Å². The fourth-order valence-corrected chi connectivity index (χ4v) is 3.61. The average molecular weight is 397 g/mol. The molecule has 1 saturated heterocycles. The summed E-state index contributed by atoms with van der Waals surface area (Å²) in [7, 11) is 0. The summed E-state index contributed by atoms with van der Waals surface area (Å²) < 4.78 is 0. The molecular formula is C21H21ClN4O2. The van der Waals surface area contributed by atoms with Crippen LogP contribution in [0.5, 0.6) is 0 Å². The largest absolute Gasteiger partial charge is 0.350 e. The summed E-state index contributed by atoms with van der Waals surface area (Å²) >= 11 is 5.96. The molecule has 7 heteroatoms. The summed E-state index contributed by atoms with van der Waals surface area (Å²) in [6.45, 7) is 0.458. The van der Waals surface area contributed by atoms with Crippen LogP contribution in [0.1, 0.15) is 23.6 Å². The summed E-state index contributed by atoms with van der Waals surface area (Å²) in [5.41, 5.74) is 5.43. The summed E-state index contributed by atoms with van der Waals surface area (Å²) in [5, 5.41) is 5.36. The Morgan fingerprint density at radius 3 is 2.61 bits per heavy atom. The molecule has 144 valence electrons. The summed E-state index contributed by atoms with van der Waals surface area (Å²) in [4.78, 5) is 26.6. The van der Waals surface area contributed by atoms with E-state index in [-0.39, 0.29) is 30.4 Å². The third-order valence-electron chi connectivity index (χ3n) is 4.99. The van der Waals surface area contributed by atoms with Gasteiger partial charge in [-0.3, -0.25) is 9.59 Å². The highest BCUT2D eigenvalue weighted by molar-refractivity contribution is 6.30. The number of hydrogen-bond acceptors (Lipinski definition) is 4. The second-order valence-electron chi connectivity index (χ2n) is 6.92. The Labute approximate surface area is 168 Å². The number of benzene rings is 2. The lowest BCUT2D eigenvalue weighted by Gasteiger charge is -2.31. The van der Waals surface area contributed by atoms with E-state index < -0.39 is 0 Å². The number of nitrogens with zero attached hydrogens (tertiary/aromatic N) is 2. The molecule has 2 unspecified atom stereocenters. The molecule has 2 amide bonds. The van der Waals surface area contributed by atoms with E-state index in [1.165, 1.54) is 4.90 Å². The molecule has 0 radical (unpaired) electrons. The van der Waals surface area contributed by atoms with E-state index in [9.17, 15) is 9.59 Å². The van der Waals surface area contributed by atoms with Gasteiger partial charge in [-0.1, -0.05) is 54.1 Å². The highest BCUT2D eigenvalue weighted by Gasteiger charge is 2.40. The molecule has 6 nitrogen and oxygen atoms in total. The Morgan fingerprint density at radius 1 is 1.11 bits per heavy atom. The molecule has 2 aliphatic rings. The Kier molecular flexibility index (Phi) is 5.32. The van der Waals surface area contributed by atoms with Gasteiger partial charge in [0.05, 0.1) is 6.04 Å². The number of fused-ring (bicyclic) bond motifs is 1. The molecule has 0 saturated carbocycles. The van der Waals surface area contributed by atoms with Gasteiger partial charge in [0.15, 0.2) is 0 Å². The fraction of sp³-hybridized carbons (Fsp3) is 0.238. The Hall–Kier alpha value is -2.83. The number of amides is 2. The Balaban J connectivity index is 1.34. The number of carbonyl (C=O) groups excluding carboxylic acids is 2. The lowest BCUT2D eigenvalue weighted by atomic mass is 10.0. The van der Waals surface area contributed by atoms with Gasteiger partial charge in [0.1, 0.15) is 12.6 Å². The summed E-state index contributed by atoms with van der Waals surface area (Å²) in [6, 6.07) is 17.0. The van der Waals surface area contributed by atoms with Gasteiger partial charge < -0.3 is 15.2 Å². The van der Waals surface area contributed by atoms with Crippen molar-refractivity contribution >= 4 is 23.4 Å². The van der Waals surface area contributed by atoms with Crippen LogP contribution in [0.15, 0.2) is 67.0 Å². The standard InChI is InChI=1S/C21H21ClN4O2/c22-17-8-6-16(7-9-17)18-12-19-21(28)25(10-11-26(19)24-18)14-20(27)23-13-15-4-2-1-3-5-15/h1-11,18-19,24H,12-14H2,(H,23,27). The molecular weight excluding hydrogens is 376 g/mol. The number of nitrogens with one attached hydrogen (secondary N) is 2. The van der Waals surface area contributed by atoms with E-state index in [0.717, 1.165) is 11.1 Å². The van der Waals surface area contributed by atoms with Crippen LogP contribution in [0.4, 0.5) is 0 Å². The molecule has 2 atom stereocenters. The van der Waals surface area contributed by atoms with Gasteiger partial charge in [0.2, 0.25) is 5.91 Å². The molecule has 2 heterocycles. The molecule has 0 spiro atoms. The average Bonchev–Trinajstić information content (AvgIpc) is 3.15. The Morgan fingerprint density at radius 2 is 1.86 bits per heavy atom. The molecule has 2 aromatic carbocycles. The second-order valence-corrected chi connectivity index (χ2v) is 7.36. The smallest absolute Gasteiger partial charge is 0.251 e. The fourth-order valence-electron chi connectivity index (χ4n) is 3.49. The van der Waals surface area contributed by atoms with Crippen LogP contribution in [0, 0.1) is 0 Å². The van der Waals surface area contributed by atoms with Crippen LogP contribution < -0.4 is 10.7 Å². The zero-order valence-corrected chi connectivity index (χ0v) is 16.0. The Bertz CT molecular complexity index is 885. The van der Waals surface area contributed by atoms with Gasteiger partial charge in [-0.25, -0.2) is 5.43 Å². The predicted octanol–water partition coefficient (Wildman–Crippen LogP) is 2.59. The maximum atomic E-state index is 12.8. The molecule has 4 rings (SSSR count). The third kappa shape index (κ3) is 4.03. The van der Waals surface area contributed by atoms with Gasteiger partial charge in [-0.15, -0.1) is 0 Å². The van der Waals surface area contributed by atoms with E-state index in [0.29, 0.717) is 18.0 Å². The molecule has 2 N–H and O–H groups in total. The van der Waals surface area contributed by atoms with Crippen LogP contribution in [0.2, 0.25) is 5.02 Å². The predicted molar refractivity (Wildman–Crippen MR) is 107 cm³/mol. The van der Waals surface area contributed by atoms with Crippen molar-refractivity contribution in [2.75, 3.05) is 6.54 Å². The van der Waals surface area contributed by atoms with Crippen LogP contribution in [-0.2, 0) is 16.1 Å². The second kappa shape index (κ2) is 8.04. The third-order valence-corrected chi connectivity index (χ3v) is 5.25. The summed E-state index contributed by atoms with van der Waals surface area (Å²) in [6.07, 6.45) is 4.09. The molecule has 0 aromatic heterocycles. The maximum Gasteiger partial charge on any atom is 0.251 e. The zero-order valence-electron chi connectivity index (χ0n) is 15.2. The number of halogens is 1. The van der Waals surface area contributed by atoms with Crippen molar-refractivity contribution in [3.8, 4) is 0 Å². The van der Waals surface area contributed by atoms with Gasteiger partial charge in [0.25, 0.3) is 5.91 Å². The van der Waals surface area contributed by atoms with Crippen molar-refractivity contribution in [3.63, 3.8) is 0 Å². The SMILES string of the molecule is O=C(CN1C=CN2NC(c3ccc(Cl)cc3)CC2C1=O)NCc1ccccc1. The van der Waals surface area contributed by atoms with E-state index in [4.69, 9.17) is 11.6 Å². The molecule has 0 aliphatic carbocycles. The van der Waals surface area contributed by atoms with E-state index in [2.05, 4.69) is 10.7 Å². The van der Waals surface area contributed by atoms with Crippen LogP contribution in [0.3, 0.4) is 0 Å². The van der Waals surface area contributed by atoms with Crippen molar-refractivity contribution in [2.24, 2.45) is 0 Å². The number of rotatable bonds is 5. The van der Waals surface area contributed by atoms with Gasteiger partial charge >= 0.3 is 0 Å². The van der Waals surface area contributed by atoms with E-state index in [1.54, 1.807) is 6.20 Å². The first kappa shape index (κ1) is 18.5. The van der Waals surface area contributed by atoms with Crippen LogP contribution >= 0.6 is 11.6 Å².